The fraction of sp³-hybridized carbons (Fsp3) is 0.300. The van der Waals surface area contributed by atoms with Crippen LogP contribution in [-0.2, 0) is 14.8 Å². The van der Waals surface area contributed by atoms with E-state index in [-0.39, 0.29) is 35.1 Å². The summed E-state index contributed by atoms with van der Waals surface area (Å²) in [7, 11) is -4.03. The Hall–Kier alpha value is -2.20. The van der Waals surface area contributed by atoms with Crippen LogP contribution in [0.25, 0.3) is 0 Å². The summed E-state index contributed by atoms with van der Waals surface area (Å²) in [6.07, 6.45) is 0.0219. The Bertz CT molecular complexity index is 672. The highest BCUT2D eigenvalue weighted by Crippen LogP contribution is 2.24. The molecular weight excluding hydrogens is 288 g/mol. The number of hydrogen-bond donors (Lipinski definition) is 3. The van der Waals surface area contributed by atoms with Gasteiger partial charge in [-0.1, -0.05) is 0 Å². The molecule has 1 amide bonds. The number of nitrogens with two attached hydrogens (primary N) is 1. The van der Waals surface area contributed by atoms with Crippen LogP contribution in [0.4, 0.5) is 11.4 Å². The number of rotatable bonds is 4. The van der Waals surface area contributed by atoms with Crippen LogP contribution in [0, 0.1) is 10.1 Å². The predicted molar refractivity (Wildman–Crippen MR) is 69.2 cm³/mol. The van der Waals surface area contributed by atoms with Crippen LogP contribution < -0.4 is 15.8 Å². The zero-order valence-electron chi connectivity index (χ0n) is 10.2. The normalized spacial score (nSPS) is 18.8. The maximum absolute atomic E-state index is 12.1. The smallest absolute Gasteiger partial charge is 0.270 e. The molecule has 4 N–H and O–H groups in total. The summed E-state index contributed by atoms with van der Waals surface area (Å²) >= 11 is 0. The van der Waals surface area contributed by atoms with Gasteiger partial charge >= 0.3 is 0 Å². The Labute approximate surface area is 114 Å². The van der Waals surface area contributed by atoms with Gasteiger partial charge < -0.3 is 11.1 Å². The third kappa shape index (κ3) is 2.86. The minimum Gasteiger partial charge on any atom is -0.398 e. The molecule has 1 aromatic carbocycles. The molecule has 0 spiro atoms. The number of amides is 1. The van der Waals surface area contributed by atoms with E-state index < -0.39 is 21.0 Å². The number of nitro benzene ring substituents is 1. The molecule has 1 aliphatic rings. The van der Waals surface area contributed by atoms with Crippen molar-refractivity contribution in [3.05, 3.63) is 28.3 Å². The molecule has 1 fully saturated rings. The Morgan fingerprint density at radius 3 is 2.70 bits per heavy atom. The van der Waals surface area contributed by atoms with Gasteiger partial charge in [-0.25, -0.2) is 13.1 Å². The fourth-order valence-electron chi connectivity index (χ4n) is 1.84. The molecule has 0 aliphatic carbocycles. The maximum Gasteiger partial charge on any atom is 0.270 e. The first-order valence-corrected chi connectivity index (χ1v) is 7.11. The molecule has 1 aromatic rings. The lowest BCUT2D eigenvalue weighted by Gasteiger charge is -2.12. The number of nitrogens with one attached hydrogen (secondary N) is 2. The first kappa shape index (κ1) is 14.2. The number of nitrogens with zero attached hydrogens (tertiary/aromatic N) is 1. The second-order valence-corrected chi connectivity index (χ2v) is 5.99. The van der Waals surface area contributed by atoms with Gasteiger partial charge in [-0.05, 0) is 6.07 Å². The molecule has 1 unspecified atom stereocenters. The second kappa shape index (κ2) is 5.06. The molecule has 20 heavy (non-hydrogen) atoms. The molecule has 1 aliphatic heterocycles. The van der Waals surface area contributed by atoms with E-state index in [4.69, 9.17) is 5.73 Å². The molecule has 0 radical (unpaired) electrons. The van der Waals surface area contributed by atoms with Gasteiger partial charge in [0.1, 0.15) is 4.90 Å². The van der Waals surface area contributed by atoms with Crippen LogP contribution in [0.3, 0.4) is 0 Å². The Balaban J connectivity index is 2.31. The first-order chi connectivity index (χ1) is 9.29. The summed E-state index contributed by atoms with van der Waals surface area (Å²) in [6, 6.07) is 2.58. The summed E-state index contributed by atoms with van der Waals surface area (Å²) < 4.78 is 26.6. The van der Waals surface area contributed by atoms with E-state index in [2.05, 4.69) is 10.0 Å². The van der Waals surface area contributed by atoms with Gasteiger partial charge in [0.25, 0.3) is 5.69 Å². The van der Waals surface area contributed by atoms with Crippen molar-refractivity contribution < 1.29 is 18.1 Å². The van der Waals surface area contributed by atoms with Crippen molar-refractivity contribution in [2.75, 3.05) is 12.3 Å². The number of nitrogen functional groups attached to an aromatic ring is 1. The second-order valence-electron chi connectivity index (χ2n) is 4.31. The lowest BCUT2D eigenvalue weighted by molar-refractivity contribution is -0.385. The average molecular weight is 300 g/mol. The van der Waals surface area contributed by atoms with E-state index in [1.807, 2.05) is 0 Å². The van der Waals surface area contributed by atoms with Crippen molar-refractivity contribution in [2.45, 2.75) is 17.4 Å². The third-order valence-corrected chi connectivity index (χ3v) is 4.37. The molecule has 2 rings (SSSR count). The molecule has 10 heteroatoms. The van der Waals surface area contributed by atoms with Gasteiger partial charge in [0.15, 0.2) is 0 Å². The van der Waals surface area contributed by atoms with Gasteiger partial charge in [0.2, 0.25) is 15.9 Å². The van der Waals surface area contributed by atoms with Gasteiger partial charge in [0.05, 0.1) is 10.6 Å². The van der Waals surface area contributed by atoms with Crippen molar-refractivity contribution in [3.63, 3.8) is 0 Å². The maximum atomic E-state index is 12.1. The molecule has 9 nitrogen and oxygen atoms in total. The van der Waals surface area contributed by atoms with Crippen molar-refractivity contribution in [3.8, 4) is 0 Å². The molecule has 0 aromatic heterocycles. The third-order valence-electron chi connectivity index (χ3n) is 2.80. The number of benzene rings is 1. The highest BCUT2D eigenvalue weighted by atomic mass is 32.2. The molecule has 108 valence electrons. The highest BCUT2D eigenvalue weighted by Gasteiger charge is 2.28. The van der Waals surface area contributed by atoms with Crippen LogP contribution in [0.2, 0.25) is 0 Å². The van der Waals surface area contributed by atoms with E-state index in [0.29, 0.717) is 0 Å². The standard InChI is InChI=1S/C10H12N4O5S/c11-8-2-1-7(14(16)17)4-9(8)20(18,19)13-6-3-10(15)12-5-6/h1-2,4,6,13H,3,5,11H2,(H,12,15). The number of carbonyl (C=O) groups excluding carboxylic acids is 1. The molecule has 1 heterocycles. The largest absolute Gasteiger partial charge is 0.398 e. The number of hydrogen-bond acceptors (Lipinski definition) is 6. The predicted octanol–water partition coefficient (Wildman–Crippen LogP) is -0.656. The Kier molecular flexibility index (Phi) is 3.59. The molecular formula is C10H12N4O5S. The van der Waals surface area contributed by atoms with E-state index >= 15 is 0 Å². The molecule has 1 atom stereocenters. The SMILES string of the molecule is Nc1ccc([N+](=O)[O-])cc1S(=O)(=O)NC1CNC(=O)C1. The van der Waals surface area contributed by atoms with E-state index in [9.17, 15) is 23.3 Å². The minimum absolute atomic E-state index is 0.0219. The van der Waals surface area contributed by atoms with Crippen LogP contribution in [-0.4, -0.2) is 31.8 Å². The lowest BCUT2D eigenvalue weighted by atomic mass is 10.3. The van der Waals surface area contributed by atoms with Crippen LogP contribution >= 0.6 is 0 Å². The number of non-ortho nitro benzene ring substituents is 1. The van der Waals surface area contributed by atoms with E-state index in [0.717, 1.165) is 18.2 Å². The van der Waals surface area contributed by atoms with E-state index in [1.54, 1.807) is 0 Å². The molecule has 1 saturated heterocycles. The number of anilines is 1. The summed E-state index contributed by atoms with van der Waals surface area (Å²) in [5, 5.41) is 13.2. The summed E-state index contributed by atoms with van der Waals surface area (Å²) in [5.41, 5.74) is 5.08. The minimum atomic E-state index is -4.03. The van der Waals surface area contributed by atoms with Crippen LogP contribution in [0.15, 0.2) is 23.1 Å². The van der Waals surface area contributed by atoms with Gasteiger partial charge in [-0.15, -0.1) is 0 Å². The first-order valence-electron chi connectivity index (χ1n) is 5.62. The van der Waals surface area contributed by atoms with E-state index in [1.165, 1.54) is 0 Å². The van der Waals surface area contributed by atoms with Gasteiger partial charge in [-0.2, -0.15) is 0 Å². The van der Waals surface area contributed by atoms with Crippen LogP contribution in [0.5, 0.6) is 0 Å². The number of carbonyl (C=O) groups is 1. The van der Waals surface area contributed by atoms with Crippen molar-refractivity contribution in [2.24, 2.45) is 0 Å². The van der Waals surface area contributed by atoms with Crippen molar-refractivity contribution in [1.29, 1.82) is 0 Å². The lowest BCUT2D eigenvalue weighted by Crippen LogP contribution is -2.36. The number of nitro groups is 1. The van der Waals surface area contributed by atoms with Gasteiger partial charge in [0, 0.05) is 31.1 Å². The van der Waals surface area contributed by atoms with Crippen molar-refractivity contribution >= 4 is 27.3 Å². The fourth-order valence-corrected chi connectivity index (χ4v) is 3.23. The Morgan fingerprint density at radius 2 is 2.15 bits per heavy atom. The summed E-state index contributed by atoms with van der Waals surface area (Å²) in [6.45, 7) is 0.174. The quantitative estimate of drug-likeness (QED) is 0.382. The Morgan fingerprint density at radius 1 is 1.45 bits per heavy atom. The molecule has 0 saturated carbocycles. The zero-order chi connectivity index (χ0) is 14.9. The summed E-state index contributed by atoms with van der Waals surface area (Å²) in [4.78, 5) is 20.6. The monoisotopic (exact) mass is 300 g/mol. The molecule has 0 bridgehead atoms. The zero-order valence-corrected chi connectivity index (χ0v) is 11.0. The van der Waals surface area contributed by atoms with Crippen molar-refractivity contribution in [1.82, 2.24) is 10.0 Å². The number of sulfonamides is 1. The summed E-state index contributed by atoms with van der Waals surface area (Å²) in [5.74, 6) is -0.260. The van der Waals surface area contributed by atoms with Crippen LogP contribution in [0.1, 0.15) is 6.42 Å². The van der Waals surface area contributed by atoms with Gasteiger partial charge in [-0.3, -0.25) is 14.9 Å². The highest BCUT2D eigenvalue weighted by molar-refractivity contribution is 7.89. The topological polar surface area (TPSA) is 144 Å². The average Bonchev–Trinajstić information content (AvgIpc) is 2.73.